The number of carbonyl (C=O) groups excluding carboxylic acids is 2. The van der Waals surface area contributed by atoms with Crippen LogP contribution in [0.25, 0.3) is 0 Å². The van der Waals surface area contributed by atoms with Gasteiger partial charge in [-0.15, -0.1) is 0 Å². The summed E-state index contributed by atoms with van der Waals surface area (Å²) in [5, 5.41) is 7.00. The predicted molar refractivity (Wildman–Crippen MR) is 74.7 cm³/mol. The van der Waals surface area contributed by atoms with Crippen molar-refractivity contribution in [1.82, 2.24) is 20.0 Å². The van der Waals surface area contributed by atoms with Gasteiger partial charge < -0.3 is 10.2 Å². The van der Waals surface area contributed by atoms with E-state index in [2.05, 4.69) is 17.0 Å². The van der Waals surface area contributed by atoms with Crippen LogP contribution in [0.4, 0.5) is 0 Å². The lowest BCUT2D eigenvalue weighted by Gasteiger charge is -2.30. The van der Waals surface area contributed by atoms with Gasteiger partial charge in [0.1, 0.15) is 0 Å². The van der Waals surface area contributed by atoms with Gasteiger partial charge in [0.25, 0.3) is 0 Å². The molecule has 2 rings (SSSR count). The minimum Gasteiger partial charge on any atom is -0.354 e. The van der Waals surface area contributed by atoms with E-state index in [9.17, 15) is 9.59 Å². The van der Waals surface area contributed by atoms with Gasteiger partial charge in [0.2, 0.25) is 11.8 Å². The third-order valence-electron chi connectivity index (χ3n) is 3.55. The summed E-state index contributed by atoms with van der Waals surface area (Å²) in [7, 11) is 0. The third-order valence-corrected chi connectivity index (χ3v) is 3.55. The first-order chi connectivity index (χ1) is 9.70. The van der Waals surface area contributed by atoms with Gasteiger partial charge in [0.15, 0.2) is 0 Å². The second-order valence-electron chi connectivity index (χ2n) is 4.86. The van der Waals surface area contributed by atoms with Gasteiger partial charge in [-0.05, 0) is 25.0 Å². The van der Waals surface area contributed by atoms with Gasteiger partial charge in [-0.1, -0.05) is 6.58 Å². The molecular weight excluding hydrogens is 256 g/mol. The fraction of sp³-hybridized carbons (Fsp3) is 0.500. The minimum atomic E-state index is -0.0532. The van der Waals surface area contributed by atoms with Crippen LogP contribution in [0.15, 0.2) is 31.1 Å². The van der Waals surface area contributed by atoms with E-state index >= 15 is 0 Å². The van der Waals surface area contributed by atoms with Crippen molar-refractivity contribution in [3.8, 4) is 0 Å². The second kappa shape index (κ2) is 6.88. The van der Waals surface area contributed by atoms with Crippen LogP contribution in [0.5, 0.6) is 0 Å². The van der Waals surface area contributed by atoms with Crippen molar-refractivity contribution in [2.75, 3.05) is 19.6 Å². The number of hydrogen-bond donors (Lipinski definition) is 1. The normalized spacial score (nSPS) is 15.9. The maximum Gasteiger partial charge on any atom is 0.245 e. The Bertz CT molecular complexity index is 462. The fourth-order valence-corrected chi connectivity index (χ4v) is 2.36. The highest BCUT2D eigenvalue weighted by molar-refractivity contribution is 5.87. The monoisotopic (exact) mass is 276 g/mol. The Morgan fingerprint density at radius 2 is 2.15 bits per heavy atom. The van der Waals surface area contributed by atoms with Crippen LogP contribution in [-0.2, 0) is 16.1 Å². The van der Waals surface area contributed by atoms with Crippen LogP contribution in [0.3, 0.4) is 0 Å². The summed E-state index contributed by atoms with van der Waals surface area (Å²) in [6.07, 6.45) is 6.34. The number of piperidine rings is 1. The average molecular weight is 276 g/mol. The Balaban J connectivity index is 1.69. The number of nitrogens with zero attached hydrogens (tertiary/aromatic N) is 3. The number of carbonyl (C=O) groups is 2. The summed E-state index contributed by atoms with van der Waals surface area (Å²) in [4.78, 5) is 25.2. The molecule has 20 heavy (non-hydrogen) atoms. The van der Waals surface area contributed by atoms with Crippen molar-refractivity contribution in [3.63, 3.8) is 0 Å². The van der Waals surface area contributed by atoms with Gasteiger partial charge in [-0.25, -0.2) is 0 Å². The molecule has 2 amide bonds. The van der Waals surface area contributed by atoms with E-state index in [4.69, 9.17) is 0 Å². The Morgan fingerprint density at radius 3 is 2.75 bits per heavy atom. The molecule has 6 heteroatoms. The van der Waals surface area contributed by atoms with E-state index < -0.39 is 0 Å². The largest absolute Gasteiger partial charge is 0.354 e. The summed E-state index contributed by atoms with van der Waals surface area (Å²) < 4.78 is 1.78. The zero-order chi connectivity index (χ0) is 14.4. The lowest BCUT2D eigenvalue weighted by atomic mass is 9.96. The molecule has 1 aromatic heterocycles. The van der Waals surface area contributed by atoms with Crippen LogP contribution in [-0.4, -0.2) is 46.1 Å². The van der Waals surface area contributed by atoms with E-state index in [0.29, 0.717) is 39.0 Å². The number of aromatic nitrogens is 2. The Labute approximate surface area is 118 Å². The molecule has 0 spiro atoms. The van der Waals surface area contributed by atoms with Crippen molar-refractivity contribution in [3.05, 3.63) is 31.1 Å². The number of amides is 2. The molecule has 1 aliphatic heterocycles. The molecule has 0 atom stereocenters. The zero-order valence-electron chi connectivity index (χ0n) is 11.5. The second-order valence-corrected chi connectivity index (χ2v) is 4.86. The van der Waals surface area contributed by atoms with Crippen molar-refractivity contribution in [2.24, 2.45) is 5.92 Å². The molecule has 6 nitrogen and oxygen atoms in total. The summed E-state index contributed by atoms with van der Waals surface area (Å²) in [5.41, 5.74) is 0. The quantitative estimate of drug-likeness (QED) is 0.793. The maximum absolute atomic E-state index is 12.0. The van der Waals surface area contributed by atoms with Gasteiger partial charge in [0, 0.05) is 37.9 Å². The molecule has 1 aromatic rings. The molecule has 0 bridgehead atoms. The molecule has 0 aromatic carbocycles. The van der Waals surface area contributed by atoms with Gasteiger partial charge in [-0.2, -0.15) is 5.10 Å². The highest BCUT2D eigenvalue weighted by Crippen LogP contribution is 2.17. The lowest BCUT2D eigenvalue weighted by molar-refractivity contribution is -0.132. The summed E-state index contributed by atoms with van der Waals surface area (Å²) in [6.45, 7) is 5.98. The average Bonchev–Trinajstić information content (AvgIpc) is 2.99. The molecule has 1 fully saturated rings. The van der Waals surface area contributed by atoms with Crippen LogP contribution in [0.2, 0.25) is 0 Å². The molecule has 1 saturated heterocycles. The molecule has 1 aliphatic rings. The smallest absolute Gasteiger partial charge is 0.245 e. The third kappa shape index (κ3) is 3.69. The highest BCUT2D eigenvalue weighted by atomic mass is 16.2. The molecule has 0 saturated carbocycles. The van der Waals surface area contributed by atoms with E-state index in [1.165, 1.54) is 6.08 Å². The molecule has 2 heterocycles. The van der Waals surface area contributed by atoms with Crippen molar-refractivity contribution < 1.29 is 9.59 Å². The van der Waals surface area contributed by atoms with E-state index in [0.717, 1.165) is 0 Å². The van der Waals surface area contributed by atoms with Crippen molar-refractivity contribution in [2.45, 2.75) is 19.4 Å². The van der Waals surface area contributed by atoms with Crippen LogP contribution in [0, 0.1) is 5.92 Å². The number of rotatable bonds is 5. The minimum absolute atomic E-state index is 0.00138. The first-order valence-corrected chi connectivity index (χ1v) is 6.87. The Morgan fingerprint density at radius 1 is 1.40 bits per heavy atom. The van der Waals surface area contributed by atoms with E-state index in [1.54, 1.807) is 15.8 Å². The van der Waals surface area contributed by atoms with Crippen molar-refractivity contribution in [1.29, 1.82) is 0 Å². The van der Waals surface area contributed by atoms with Crippen molar-refractivity contribution >= 4 is 11.8 Å². The molecule has 0 aliphatic carbocycles. The number of nitrogens with one attached hydrogen (secondary N) is 1. The molecular formula is C14H20N4O2. The number of hydrogen-bond acceptors (Lipinski definition) is 3. The molecule has 1 N–H and O–H groups in total. The first kappa shape index (κ1) is 14.3. The fourth-order valence-electron chi connectivity index (χ4n) is 2.36. The predicted octanol–water partition coefficient (Wildman–Crippen LogP) is 0.424. The van der Waals surface area contributed by atoms with Crippen LogP contribution < -0.4 is 5.32 Å². The number of likely N-dealkylation sites (tertiary alicyclic amines) is 1. The summed E-state index contributed by atoms with van der Waals surface area (Å²) in [5.74, 6) is 0.0203. The van der Waals surface area contributed by atoms with Gasteiger partial charge >= 0.3 is 0 Å². The van der Waals surface area contributed by atoms with Gasteiger partial charge in [0.05, 0.1) is 6.54 Å². The van der Waals surface area contributed by atoms with E-state index in [-0.39, 0.29) is 17.7 Å². The summed E-state index contributed by atoms with van der Waals surface area (Å²) >= 11 is 0. The standard InChI is InChI=1S/C14H20N4O2/c1-2-13(19)17-9-4-12(5-10-17)14(20)15-7-11-18-8-3-6-16-18/h2-3,6,8,12H,1,4-5,7,9-11H2,(H,15,20). The van der Waals surface area contributed by atoms with E-state index in [1.807, 2.05) is 12.3 Å². The summed E-state index contributed by atoms with van der Waals surface area (Å²) in [6, 6.07) is 1.86. The molecule has 108 valence electrons. The van der Waals surface area contributed by atoms with Gasteiger partial charge in [-0.3, -0.25) is 14.3 Å². The van der Waals surface area contributed by atoms with Crippen LogP contribution >= 0.6 is 0 Å². The topological polar surface area (TPSA) is 67.2 Å². The lowest BCUT2D eigenvalue weighted by Crippen LogP contribution is -2.43. The first-order valence-electron chi connectivity index (χ1n) is 6.87. The molecule has 0 unspecified atom stereocenters. The Kier molecular flexibility index (Phi) is 4.92. The SMILES string of the molecule is C=CC(=O)N1CCC(C(=O)NCCn2cccn2)CC1. The molecule has 0 radical (unpaired) electrons. The Hall–Kier alpha value is -2.11. The zero-order valence-corrected chi connectivity index (χ0v) is 11.5. The highest BCUT2D eigenvalue weighted by Gasteiger charge is 2.25. The van der Waals surface area contributed by atoms with Crippen LogP contribution in [0.1, 0.15) is 12.8 Å². The maximum atomic E-state index is 12.0.